The van der Waals surface area contributed by atoms with Crippen molar-refractivity contribution in [2.75, 3.05) is 6.61 Å². The van der Waals surface area contributed by atoms with Gasteiger partial charge in [-0.3, -0.25) is 14.3 Å². The number of aromatic amines is 1. The Kier molecular flexibility index (Phi) is 3.34. The first-order valence-corrected chi connectivity index (χ1v) is 5.38. The van der Waals surface area contributed by atoms with E-state index in [2.05, 4.69) is 4.98 Å². The zero-order chi connectivity index (χ0) is 12.6. The van der Waals surface area contributed by atoms with E-state index in [9.17, 15) is 14.7 Å². The monoisotopic (exact) mass is 262 g/mol. The molecule has 7 nitrogen and oxygen atoms in total. The highest BCUT2D eigenvalue weighted by molar-refractivity contribution is 6.21. The van der Waals surface area contributed by atoms with Gasteiger partial charge in [0.25, 0.3) is 5.56 Å². The predicted octanol–water partition coefficient (Wildman–Crippen LogP) is -1.61. The van der Waals surface area contributed by atoms with Gasteiger partial charge in [0.15, 0.2) is 6.23 Å². The van der Waals surface area contributed by atoms with Gasteiger partial charge in [-0.1, -0.05) is 0 Å². The van der Waals surface area contributed by atoms with Crippen molar-refractivity contribution in [3.05, 3.63) is 33.1 Å². The second-order valence-corrected chi connectivity index (χ2v) is 4.20. The summed E-state index contributed by atoms with van der Waals surface area (Å²) in [5, 5.41) is 17.7. The van der Waals surface area contributed by atoms with Crippen LogP contribution < -0.4 is 11.2 Å². The summed E-state index contributed by atoms with van der Waals surface area (Å²) in [7, 11) is 0. The molecular formula is C9H11ClN2O5. The van der Waals surface area contributed by atoms with Crippen molar-refractivity contribution in [1.82, 2.24) is 9.55 Å². The Morgan fingerprint density at radius 1 is 1.53 bits per heavy atom. The molecule has 1 aliphatic rings. The molecule has 94 valence electrons. The molecule has 1 fully saturated rings. The molecule has 1 aliphatic heterocycles. The second kappa shape index (κ2) is 4.61. The molecule has 2 heterocycles. The lowest BCUT2D eigenvalue weighted by Gasteiger charge is -2.15. The van der Waals surface area contributed by atoms with E-state index in [4.69, 9.17) is 21.4 Å². The van der Waals surface area contributed by atoms with Gasteiger partial charge >= 0.3 is 5.69 Å². The Morgan fingerprint density at radius 3 is 2.76 bits per heavy atom. The zero-order valence-electron chi connectivity index (χ0n) is 8.62. The molecule has 1 aromatic rings. The highest BCUT2D eigenvalue weighted by Gasteiger charge is 2.43. The fourth-order valence-electron chi connectivity index (χ4n) is 1.71. The fraction of sp³-hybridized carbons (Fsp3) is 0.556. The van der Waals surface area contributed by atoms with Crippen molar-refractivity contribution in [2.45, 2.75) is 23.8 Å². The van der Waals surface area contributed by atoms with Gasteiger partial charge in [-0.25, -0.2) is 4.79 Å². The number of aliphatic hydroxyl groups is 2. The molecule has 1 saturated heterocycles. The topological polar surface area (TPSA) is 105 Å². The third-order valence-corrected chi connectivity index (χ3v) is 3.07. The number of nitrogens with zero attached hydrogens (tertiary/aromatic N) is 1. The van der Waals surface area contributed by atoms with Crippen molar-refractivity contribution in [1.29, 1.82) is 0 Å². The van der Waals surface area contributed by atoms with Gasteiger partial charge in [-0.15, -0.1) is 11.6 Å². The third kappa shape index (κ3) is 2.14. The Balaban J connectivity index is 2.35. The summed E-state index contributed by atoms with van der Waals surface area (Å²) in [6.45, 7) is -0.404. The van der Waals surface area contributed by atoms with Crippen LogP contribution in [0.15, 0.2) is 21.9 Å². The van der Waals surface area contributed by atoms with E-state index in [0.717, 1.165) is 10.6 Å². The van der Waals surface area contributed by atoms with Crippen LogP contribution in [0.25, 0.3) is 0 Å². The van der Waals surface area contributed by atoms with Gasteiger partial charge in [0.1, 0.15) is 17.6 Å². The second-order valence-electron chi connectivity index (χ2n) is 3.70. The minimum atomic E-state index is -1.08. The van der Waals surface area contributed by atoms with Gasteiger partial charge in [0.05, 0.1) is 6.61 Å². The quantitative estimate of drug-likeness (QED) is 0.557. The van der Waals surface area contributed by atoms with E-state index in [-0.39, 0.29) is 0 Å². The Labute approximate surface area is 100 Å². The molecule has 0 saturated carbocycles. The number of alkyl halides is 1. The van der Waals surface area contributed by atoms with Gasteiger partial charge in [-0.2, -0.15) is 0 Å². The molecule has 1 aromatic heterocycles. The van der Waals surface area contributed by atoms with Crippen LogP contribution in [0.4, 0.5) is 0 Å². The van der Waals surface area contributed by atoms with E-state index >= 15 is 0 Å². The summed E-state index contributed by atoms with van der Waals surface area (Å²) in [4.78, 5) is 24.4. The summed E-state index contributed by atoms with van der Waals surface area (Å²) >= 11 is 5.91. The molecule has 2 unspecified atom stereocenters. The maximum atomic E-state index is 11.5. The number of aromatic nitrogens is 2. The van der Waals surface area contributed by atoms with E-state index < -0.39 is 41.7 Å². The Bertz CT molecular complexity index is 513. The average Bonchev–Trinajstić information content (AvgIpc) is 2.57. The molecule has 17 heavy (non-hydrogen) atoms. The maximum Gasteiger partial charge on any atom is 0.330 e. The lowest BCUT2D eigenvalue weighted by molar-refractivity contribution is -0.0457. The SMILES string of the molecule is O=c1ccn([C@@H]2O[C@H](CO)C(O)C2Cl)c(=O)[nH]1. The van der Waals surface area contributed by atoms with Crippen LogP contribution in [0, 0.1) is 0 Å². The highest BCUT2D eigenvalue weighted by atomic mass is 35.5. The summed E-state index contributed by atoms with van der Waals surface area (Å²) < 4.78 is 6.32. The molecular weight excluding hydrogens is 252 g/mol. The first-order chi connectivity index (χ1) is 8.04. The number of ether oxygens (including phenoxy) is 1. The van der Waals surface area contributed by atoms with Gasteiger partial charge in [0.2, 0.25) is 0 Å². The molecule has 0 radical (unpaired) electrons. The highest BCUT2D eigenvalue weighted by Crippen LogP contribution is 2.31. The van der Waals surface area contributed by atoms with Gasteiger partial charge in [-0.05, 0) is 0 Å². The minimum absolute atomic E-state index is 0.404. The molecule has 2 rings (SSSR count). The summed E-state index contributed by atoms with van der Waals surface area (Å²) in [5.41, 5.74) is -1.21. The zero-order valence-corrected chi connectivity index (χ0v) is 9.37. The van der Waals surface area contributed by atoms with Crippen molar-refractivity contribution >= 4 is 11.6 Å². The van der Waals surface area contributed by atoms with Crippen LogP contribution >= 0.6 is 11.6 Å². The standard InChI is InChI=1S/C9H11ClN2O5/c10-6-7(15)4(3-13)17-8(6)12-2-1-5(14)11-9(12)16/h1-2,4,6-8,13,15H,3H2,(H,11,14,16)/t4-,6?,7?,8-/m1/s1. The number of halogens is 1. The first-order valence-electron chi connectivity index (χ1n) is 4.94. The smallest absolute Gasteiger partial charge is 0.330 e. The molecule has 0 bridgehead atoms. The summed E-state index contributed by atoms with van der Waals surface area (Å²) in [6.07, 6.45) is -1.62. The largest absolute Gasteiger partial charge is 0.394 e. The molecule has 0 aliphatic carbocycles. The van der Waals surface area contributed by atoms with Gasteiger partial charge < -0.3 is 14.9 Å². The third-order valence-electron chi connectivity index (χ3n) is 2.60. The molecule has 8 heteroatoms. The number of hydrogen-bond acceptors (Lipinski definition) is 5. The summed E-state index contributed by atoms with van der Waals surface area (Å²) in [5.74, 6) is 0. The van der Waals surface area contributed by atoms with Crippen LogP contribution in [0.1, 0.15) is 6.23 Å². The van der Waals surface area contributed by atoms with Crippen LogP contribution in [0.3, 0.4) is 0 Å². The lowest BCUT2D eigenvalue weighted by atomic mass is 10.2. The predicted molar refractivity (Wildman–Crippen MR) is 58.0 cm³/mol. The fourth-order valence-corrected chi connectivity index (χ4v) is 2.05. The number of aliphatic hydroxyl groups excluding tert-OH is 2. The number of hydrogen-bond donors (Lipinski definition) is 3. The van der Waals surface area contributed by atoms with Crippen LogP contribution in [0.5, 0.6) is 0 Å². The number of nitrogens with one attached hydrogen (secondary N) is 1. The van der Waals surface area contributed by atoms with E-state index in [1.807, 2.05) is 0 Å². The van der Waals surface area contributed by atoms with Crippen LogP contribution in [0.2, 0.25) is 0 Å². The van der Waals surface area contributed by atoms with Crippen molar-refractivity contribution in [2.24, 2.45) is 0 Å². The first kappa shape index (κ1) is 12.3. The Morgan fingerprint density at radius 2 is 2.24 bits per heavy atom. The van der Waals surface area contributed by atoms with Crippen LogP contribution in [-0.2, 0) is 4.74 Å². The molecule has 0 aromatic carbocycles. The number of rotatable bonds is 2. The average molecular weight is 263 g/mol. The van der Waals surface area contributed by atoms with Gasteiger partial charge in [0, 0.05) is 12.3 Å². The van der Waals surface area contributed by atoms with Crippen LogP contribution in [-0.4, -0.2) is 44.0 Å². The number of H-pyrrole nitrogens is 1. The minimum Gasteiger partial charge on any atom is -0.394 e. The lowest BCUT2D eigenvalue weighted by Crippen LogP contribution is -2.35. The summed E-state index contributed by atoms with van der Waals surface area (Å²) in [6, 6.07) is 1.15. The normalized spacial score (nSPS) is 32.9. The molecule has 4 atom stereocenters. The van der Waals surface area contributed by atoms with Crippen molar-refractivity contribution in [3.8, 4) is 0 Å². The maximum absolute atomic E-state index is 11.5. The molecule has 3 N–H and O–H groups in total. The Hall–Kier alpha value is -1.15. The van der Waals surface area contributed by atoms with E-state index in [1.54, 1.807) is 0 Å². The van der Waals surface area contributed by atoms with E-state index in [1.165, 1.54) is 6.20 Å². The van der Waals surface area contributed by atoms with Crippen molar-refractivity contribution < 1.29 is 14.9 Å². The molecule has 0 spiro atoms. The van der Waals surface area contributed by atoms with E-state index in [0.29, 0.717) is 0 Å². The van der Waals surface area contributed by atoms with Crippen molar-refractivity contribution in [3.63, 3.8) is 0 Å². The molecule has 0 amide bonds.